The zero-order valence-corrected chi connectivity index (χ0v) is 14.9. The number of aliphatic imine (C=N–C) groups is 1. The summed E-state index contributed by atoms with van der Waals surface area (Å²) >= 11 is 6.34. The van der Waals surface area contributed by atoms with Crippen LogP contribution in [0.1, 0.15) is 27.9 Å². The van der Waals surface area contributed by atoms with E-state index in [0.717, 1.165) is 23.3 Å². The summed E-state index contributed by atoms with van der Waals surface area (Å²) in [6, 6.07) is 15.9. The lowest BCUT2D eigenvalue weighted by molar-refractivity contribution is 0.0765. The minimum Gasteiger partial charge on any atom is -0.334 e. The molecule has 2 aliphatic rings. The lowest BCUT2D eigenvalue weighted by atomic mass is 9.94. The Bertz CT molecular complexity index is 899. The molecule has 0 fully saturated rings. The van der Waals surface area contributed by atoms with Gasteiger partial charge >= 0.3 is 0 Å². The van der Waals surface area contributed by atoms with Crippen molar-refractivity contribution in [2.75, 3.05) is 19.6 Å². The maximum absolute atomic E-state index is 12.9. The molecule has 2 aliphatic heterocycles. The third kappa shape index (κ3) is 2.89. The molecule has 3 nitrogen and oxygen atoms in total. The van der Waals surface area contributed by atoms with Crippen LogP contribution in [0.25, 0.3) is 0 Å². The van der Waals surface area contributed by atoms with E-state index in [0.29, 0.717) is 30.2 Å². The number of benzene rings is 2. The third-order valence-electron chi connectivity index (χ3n) is 4.91. The first-order valence-electron chi connectivity index (χ1n) is 8.50. The normalized spacial score (nSPS) is 16.7. The second-order valence-corrected chi connectivity index (χ2v) is 6.90. The molecule has 0 bridgehead atoms. The highest BCUT2D eigenvalue weighted by molar-refractivity contribution is 6.34. The van der Waals surface area contributed by atoms with Crippen LogP contribution in [0.3, 0.4) is 0 Å². The van der Waals surface area contributed by atoms with E-state index < -0.39 is 0 Å². The minimum absolute atomic E-state index is 0.00779. The van der Waals surface area contributed by atoms with Gasteiger partial charge in [-0.15, -0.1) is 0 Å². The Morgan fingerprint density at radius 3 is 2.72 bits per heavy atom. The van der Waals surface area contributed by atoms with E-state index in [2.05, 4.69) is 12.1 Å². The summed E-state index contributed by atoms with van der Waals surface area (Å²) in [6.07, 6.45) is 0.845. The maximum Gasteiger partial charge on any atom is 0.255 e. The molecule has 0 atom stereocenters. The van der Waals surface area contributed by atoms with Crippen LogP contribution < -0.4 is 0 Å². The van der Waals surface area contributed by atoms with Crippen molar-refractivity contribution in [3.8, 4) is 0 Å². The molecule has 2 aromatic rings. The maximum atomic E-state index is 12.9. The van der Waals surface area contributed by atoms with Crippen LogP contribution in [0, 0.1) is 6.92 Å². The summed E-state index contributed by atoms with van der Waals surface area (Å²) in [5.74, 6) is 0.00779. The van der Waals surface area contributed by atoms with E-state index in [4.69, 9.17) is 16.6 Å². The van der Waals surface area contributed by atoms with Gasteiger partial charge in [-0.3, -0.25) is 9.79 Å². The molecular weight excluding hydrogens is 332 g/mol. The average Bonchev–Trinajstić information content (AvgIpc) is 3.07. The summed E-state index contributed by atoms with van der Waals surface area (Å²) in [7, 11) is 0. The van der Waals surface area contributed by atoms with E-state index in [1.807, 2.05) is 48.2 Å². The fourth-order valence-electron chi connectivity index (χ4n) is 3.55. The number of aryl methyl sites for hydroxylation is 1. The predicted octanol–water partition coefficient (Wildman–Crippen LogP) is 4.29. The molecule has 0 aliphatic carbocycles. The Morgan fingerprint density at radius 2 is 1.92 bits per heavy atom. The van der Waals surface area contributed by atoms with Gasteiger partial charge in [0, 0.05) is 13.1 Å². The van der Waals surface area contributed by atoms with Crippen molar-refractivity contribution < 1.29 is 4.79 Å². The van der Waals surface area contributed by atoms with Gasteiger partial charge in [0.05, 0.1) is 22.8 Å². The van der Waals surface area contributed by atoms with Crippen molar-refractivity contribution in [1.82, 2.24) is 4.90 Å². The van der Waals surface area contributed by atoms with Crippen LogP contribution >= 0.6 is 11.6 Å². The zero-order valence-electron chi connectivity index (χ0n) is 14.1. The molecule has 0 saturated carbocycles. The van der Waals surface area contributed by atoms with Crippen LogP contribution in [0.2, 0.25) is 5.02 Å². The number of carbonyl (C=O) groups excluding carboxylic acids is 1. The van der Waals surface area contributed by atoms with Crippen molar-refractivity contribution in [3.63, 3.8) is 0 Å². The number of rotatable bonds is 2. The molecule has 0 spiro atoms. The monoisotopic (exact) mass is 350 g/mol. The van der Waals surface area contributed by atoms with E-state index in [1.54, 1.807) is 0 Å². The van der Waals surface area contributed by atoms with Crippen LogP contribution in [-0.2, 0) is 0 Å². The molecule has 0 saturated heterocycles. The van der Waals surface area contributed by atoms with Crippen molar-refractivity contribution in [2.45, 2.75) is 13.3 Å². The molecule has 0 aromatic heterocycles. The van der Waals surface area contributed by atoms with Crippen LogP contribution in [0.4, 0.5) is 0 Å². The van der Waals surface area contributed by atoms with E-state index in [9.17, 15) is 4.79 Å². The zero-order chi connectivity index (χ0) is 17.4. The average molecular weight is 351 g/mol. The number of hydrogen-bond donors (Lipinski definition) is 0. The summed E-state index contributed by atoms with van der Waals surface area (Å²) in [6.45, 7) is 3.95. The van der Waals surface area contributed by atoms with Gasteiger partial charge in [-0.1, -0.05) is 54.1 Å². The van der Waals surface area contributed by atoms with Gasteiger partial charge in [0.2, 0.25) is 0 Å². The molecule has 2 heterocycles. The van der Waals surface area contributed by atoms with Gasteiger partial charge < -0.3 is 4.90 Å². The Morgan fingerprint density at radius 1 is 1.12 bits per heavy atom. The first-order chi connectivity index (χ1) is 12.1. The summed E-state index contributed by atoms with van der Waals surface area (Å²) in [5.41, 5.74) is 6.34. The fourth-order valence-corrected chi connectivity index (χ4v) is 3.75. The van der Waals surface area contributed by atoms with Crippen molar-refractivity contribution >= 4 is 23.2 Å². The minimum atomic E-state index is 0.00779. The van der Waals surface area contributed by atoms with Gasteiger partial charge in [-0.2, -0.15) is 0 Å². The summed E-state index contributed by atoms with van der Waals surface area (Å²) in [4.78, 5) is 19.5. The topological polar surface area (TPSA) is 32.7 Å². The molecule has 126 valence electrons. The van der Waals surface area contributed by atoms with E-state index in [-0.39, 0.29) is 5.91 Å². The van der Waals surface area contributed by atoms with Crippen LogP contribution in [0.15, 0.2) is 64.7 Å². The van der Waals surface area contributed by atoms with E-state index >= 15 is 0 Å². The number of carbonyl (C=O) groups is 1. The van der Waals surface area contributed by atoms with Gasteiger partial charge in [0.1, 0.15) is 0 Å². The lowest BCUT2D eigenvalue weighted by Gasteiger charge is -2.29. The number of hydrogen-bond acceptors (Lipinski definition) is 2. The molecule has 4 heteroatoms. The number of halogens is 1. The third-order valence-corrected chi connectivity index (χ3v) is 5.41. The fraction of sp³-hybridized carbons (Fsp3) is 0.238. The molecule has 2 aromatic carbocycles. The van der Waals surface area contributed by atoms with Gasteiger partial charge in [-0.05, 0) is 41.7 Å². The quantitative estimate of drug-likeness (QED) is 0.795. The van der Waals surface area contributed by atoms with Gasteiger partial charge in [0.25, 0.3) is 5.91 Å². The highest BCUT2D eigenvalue weighted by atomic mass is 35.5. The first-order valence-corrected chi connectivity index (χ1v) is 8.88. The second-order valence-electron chi connectivity index (χ2n) is 6.53. The Balaban J connectivity index is 1.57. The molecule has 1 amide bonds. The van der Waals surface area contributed by atoms with Crippen molar-refractivity contribution in [1.29, 1.82) is 0 Å². The van der Waals surface area contributed by atoms with E-state index in [1.165, 1.54) is 11.1 Å². The summed E-state index contributed by atoms with van der Waals surface area (Å²) < 4.78 is 0. The highest BCUT2D eigenvalue weighted by Crippen LogP contribution is 2.30. The van der Waals surface area contributed by atoms with Gasteiger partial charge in [0.15, 0.2) is 0 Å². The predicted molar refractivity (Wildman–Crippen MR) is 102 cm³/mol. The molecule has 25 heavy (non-hydrogen) atoms. The molecule has 0 radical (unpaired) electrons. The number of nitrogens with zero attached hydrogens (tertiary/aromatic N) is 2. The first kappa shape index (κ1) is 16.1. The second kappa shape index (κ2) is 6.49. The highest BCUT2D eigenvalue weighted by Gasteiger charge is 2.29. The Labute approximate surface area is 152 Å². The SMILES string of the molecule is Cc1cccc(C(=O)N2CCC3=C(CN=C3c3ccccc3)C2)c1Cl. The molecule has 4 rings (SSSR count). The van der Waals surface area contributed by atoms with Crippen LogP contribution in [0.5, 0.6) is 0 Å². The van der Waals surface area contributed by atoms with Gasteiger partial charge in [-0.25, -0.2) is 0 Å². The molecule has 0 unspecified atom stereocenters. The summed E-state index contributed by atoms with van der Waals surface area (Å²) in [5, 5.41) is 0.555. The molecule has 0 N–H and O–H groups in total. The lowest BCUT2D eigenvalue weighted by Crippen LogP contribution is -2.37. The van der Waals surface area contributed by atoms with Crippen molar-refractivity contribution in [2.24, 2.45) is 4.99 Å². The van der Waals surface area contributed by atoms with Crippen LogP contribution in [-0.4, -0.2) is 36.2 Å². The smallest absolute Gasteiger partial charge is 0.255 e. The molecular formula is C21H19ClN2O. The van der Waals surface area contributed by atoms with Crippen molar-refractivity contribution in [3.05, 3.63) is 81.4 Å². The standard InChI is InChI=1S/C21H19ClN2O/c1-14-6-5-9-18(19(14)22)21(25)24-11-10-17-16(13-24)12-23-20(17)15-7-3-2-4-8-15/h2-9H,10-13H2,1H3. The largest absolute Gasteiger partial charge is 0.334 e. The number of amides is 1. The Hall–Kier alpha value is -2.39. The Kier molecular flexibility index (Phi) is 4.18.